The molecule has 34 heavy (non-hydrogen) atoms. The van der Waals surface area contributed by atoms with Crippen LogP contribution in [0.4, 0.5) is 5.69 Å². The summed E-state index contributed by atoms with van der Waals surface area (Å²) in [6, 6.07) is 14.4. The molecule has 176 valence electrons. The van der Waals surface area contributed by atoms with Crippen molar-refractivity contribution in [3.8, 4) is 11.5 Å². The van der Waals surface area contributed by atoms with E-state index >= 15 is 0 Å². The zero-order valence-electron chi connectivity index (χ0n) is 19.3. The van der Waals surface area contributed by atoms with Crippen LogP contribution < -0.4 is 14.8 Å². The van der Waals surface area contributed by atoms with E-state index in [9.17, 15) is 0 Å². The number of anilines is 1. The number of aryl methyl sites for hydroxylation is 2. The summed E-state index contributed by atoms with van der Waals surface area (Å²) in [5.74, 6) is 2.20. The van der Waals surface area contributed by atoms with Gasteiger partial charge in [0.05, 0.1) is 17.6 Å². The van der Waals surface area contributed by atoms with E-state index in [0.29, 0.717) is 40.0 Å². The molecular formula is C28H26BrCl2NO2. The van der Waals surface area contributed by atoms with Gasteiger partial charge in [-0.1, -0.05) is 59.1 Å². The summed E-state index contributed by atoms with van der Waals surface area (Å²) >= 11 is 16.1. The van der Waals surface area contributed by atoms with Crippen molar-refractivity contribution in [1.29, 1.82) is 0 Å². The van der Waals surface area contributed by atoms with Crippen LogP contribution in [0.1, 0.15) is 46.2 Å². The highest BCUT2D eigenvalue weighted by molar-refractivity contribution is 9.10. The van der Waals surface area contributed by atoms with Gasteiger partial charge in [0.25, 0.3) is 0 Å². The fourth-order valence-corrected chi connectivity index (χ4v) is 6.29. The molecule has 3 nitrogen and oxygen atoms in total. The molecule has 1 aliphatic carbocycles. The lowest BCUT2D eigenvalue weighted by atomic mass is 9.76. The van der Waals surface area contributed by atoms with Crippen LogP contribution in [-0.2, 0) is 6.61 Å². The first-order valence-electron chi connectivity index (χ1n) is 11.3. The number of benzene rings is 3. The molecule has 1 aliphatic heterocycles. The predicted molar refractivity (Wildman–Crippen MR) is 144 cm³/mol. The Labute approximate surface area is 219 Å². The van der Waals surface area contributed by atoms with Crippen LogP contribution in [0.15, 0.2) is 59.1 Å². The number of fused-ring (bicyclic) bond motifs is 3. The van der Waals surface area contributed by atoms with Crippen molar-refractivity contribution in [3.63, 3.8) is 0 Å². The predicted octanol–water partition coefficient (Wildman–Crippen LogP) is 8.79. The maximum atomic E-state index is 6.33. The minimum atomic E-state index is 0.166. The molecule has 0 aromatic heterocycles. The van der Waals surface area contributed by atoms with Crippen molar-refractivity contribution < 1.29 is 9.47 Å². The van der Waals surface area contributed by atoms with E-state index in [4.69, 9.17) is 32.7 Å². The fourth-order valence-electron chi connectivity index (χ4n) is 5.25. The third-order valence-corrected chi connectivity index (χ3v) is 7.98. The Balaban J connectivity index is 1.47. The molecule has 1 N–H and O–H groups in total. The first-order valence-corrected chi connectivity index (χ1v) is 12.9. The van der Waals surface area contributed by atoms with Gasteiger partial charge >= 0.3 is 0 Å². The van der Waals surface area contributed by atoms with Gasteiger partial charge in [-0.3, -0.25) is 0 Å². The van der Waals surface area contributed by atoms with Crippen LogP contribution in [0, 0.1) is 19.8 Å². The molecule has 0 fully saturated rings. The first kappa shape index (κ1) is 23.6. The summed E-state index contributed by atoms with van der Waals surface area (Å²) in [7, 11) is 1.67. The minimum absolute atomic E-state index is 0.166. The van der Waals surface area contributed by atoms with E-state index in [1.54, 1.807) is 13.2 Å². The molecule has 2 aliphatic rings. The standard InChI is InChI=1S/C28H26BrCl2NO2/c1-15-9-16(2)26-22(10-15)20-5-4-6-21(20)27(32-26)18-11-23(29)28(25(12-18)33-3)34-14-17-7-8-19(30)13-24(17)31/h4-5,7-13,20-21,27,32H,6,14H2,1-3H3/t20-,21+,27+/m1/s1. The first-order chi connectivity index (χ1) is 16.4. The Morgan fingerprint density at radius 1 is 1.09 bits per heavy atom. The Morgan fingerprint density at radius 2 is 1.91 bits per heavy atom. The van der Waals surface area contributed by atoms with Crippen LogP contribution in [0.2, 0.25) is 10.0 Å². The quantitative estimate of drug-likeness (QED) is 0.317. The van der Waals surface area contributed by atoms with Crippen molar-refractivity contribution in [1.82, 2.24) is 0 Å². The zero-order chi connectivity index (χ0) is 24.0. The largest absolute Gasteiger partial charge is 0.493 e. The van der Waals surface area contributed by atoms with Crippen LogP contribution in [0.25, 0.3) is 0 Å². The van der Waals surface area contributed by atoms with Gasteiger partial charge in [0.2, 0.25) is 0 Å². The highest BCUT2D eigenvalue weighted by Gasteiger charge is 2.39. The van der Waals surface area contributed by atoms with Gasteiger partial charge in [-0.25, -0.2) is 0 Å². The van der Waals surface area contributed by atoms with Crippen molar-refractivity contribution in [2.75, 3.05) is 12.4 Å². The topological polar surface area (TPSA) is 30.5 Å². The maximum absolute atomic E-state index is 6.33. The van der Waals surface area contributed by atoms with Crippen LogP contribution >= 0.6 is 39.1 Å². The number of hydrogen-bond acceptors (Lipinski definition) is 3. The smallest absolute Gasteiger partial charge is 0.175 e. The van der Waals surface area contributed by atoms with E-state index in [0.717, 1.165) is 16.5 Å². The van der Waals surface area contributed by atoms with E-state index < -0.39 is 0 Å². The van der Waals surface area contributed by atoms with Gasteiger partial charge in [-0.2, -0.15) is 0 Å². The summed E-state index contributed by atoms with van der Waals surface area (Å²) in [5, 5.41) is 5.04. The number of hydrogen-bond donors (Lipinski definition) is 1. The van der Waals surface area contributed by atoms with Crippen molar-refractivity contribution in [3.05, 3.63) is 97.0 Å². The second kappa shape index (κ2) is 9.49. The molecule has 5 rings (SSSR count). The summed E-state index contributed by atoms with van der Waals surface area (Å²) in [5.41, 5.74) is 7.27. The summed E-state index contributed by atoms with van der Waals surface area (Å²) in [4.78, 5) is 0. The molecule has 0 radical (unpaired) electrons. The molecule has 0 amide bonds. The van der Waals surface area contributed by atoms with E-state index in [1.165, 1.54) is 27.9 Å². The fraction of sp³-hybridized carbons (Fsp3) is 0.286. The Morgan fingerprint density at radius 3 is 2.68 bits per heavy atom. The Hall–Kier alpha value is -2.14. The highest BCUT2D eigenvalue weighted by Crippen LogP contribution is 2.52. The number of nitrogens with one attached hydrogen (secondary N) is 1. The summed E-state index contributed by atoms with van der Waals surface area (Å²) < 4.78 is 12.8. The molecular weight excluding hydrogens is 533 g/mol. The van der Waals surface area contributed by atoms with Crippen molar-refractivity contribution in [2.45, 2.75) is 38.8 Å². The third kappa shape index (κ3) is 4.32. The average molecular weight is 559 g/mol. The van der Waals surface area contributed by atoms with E-state index in [-0.39, 0.29) is 6.04 Å². The normalized spacial score (nSPS) is 20.5. The minimum Gasteiger partial charge on any atom is -0.493 e. The number of rotatable bonds is 5. The monoisotopic (exact) mass is 557 g/mol. The van der Waals surface area contributed by atoms with Gasteiger partial charge in [-0.05, 0) is 83.1 Å². The number of halogens is 3. The molecule has 6 heteroatoms. The van der Waals surface area contributed by atoms with Gasteiger partial charge in [0, 0.05) is 27.2 Å². The van der Waals surface area contributed by atoms with Crippen LogP contribution in [0.3, 0.4) is 0 Å². The second-order valence-electron chi connectivity index (χ2n) is 9.08. The molecule has 1 heterocycles. The van der Waals surface area contributed by atoms with Crippen molar-refractivity contribution in [2.24, 2.45) is 5.92 Å². The number of methoxy groups -OCH3 is 1. The second-order valence-corrected chi connectivity index (χ2v) is 10.8. The van der Waals surface area contributed by atoms with Crippen molar-refractivity contribution >= 4 is 44.8 Å². The highest BCUT2D eigenvalue weighted by atomic mass is 79.9. The lowest BCUT2D eigenvalue weighted by molar-refractivity contribution is 0.282. The third-order valence-electron chi connectivity index (χ3n) is 6.81. The Kier molecular flexibility index (Phi) is 6.58. The van der Waals surface area contributed by atoms with Gasteiger partial charge in [0.1, 0.15) is 6.61 Å². The SMILES string of the molecule is COc1cc([C@@H]2Nc3c(C)cc(C)cc3[C@@H]3C=CC[C@@H]32)cc(Br)c1OCc1ccc(Cl)cc1Cl. The summed E-state index contributed by atoms with van der Waals surface area (Å²) in [6.45, 7) is 4.67. The zero-order valence-corrected chi connectivity index (χ0v) is 22.4. The molecule has 0 spiro atoms. The van der Waals surface area contributed by atoms with Gasteiger partial charge in [0.15, 0.2) is 11.5 Å². The number of allylic oxidation sites excluding steroid dienone is 2. The average Bonchev–Trinajstić information content (AvgIpc) is 3.29. The molecule has 0 saturated heterocycles. The lowest BCUT2D eigenvalue weighted by Gasteiger charge is -2.39. The van der Waals surface area contributed by atoms with Crippen LogP contribution in [-0.4, -0.2) is 7.11 Å². The molecule has 0 saturated carbocycles. The maximum Gasteiger partial charge on any atom is 0.175 e. The summed E-state index contributed by atoms with van der Waals surface area (Å²) in [6.07, 6.45) is 5.73. The molecule has 3 aromatic carbocycles. The van der Waals surface area contributed by atoms with E-state index in [1.807, 2.05) is 12.1 Å². The molecule has 0 unspecified atom stereocenters. The molecule has 0 bridgehead atoms. The molecule has 3 aromatic rings. The van der Waals surface area contributed by atoms with Gasteiger partial charge in [-0.15, -0.1) is 0 Å². The Bertz CT molecular complexity index is 1290. The van der Waals surface area contributed by atoms with Crippen LogP contribution in [0.5, 0.6) is 11.5 Å². The van der Waals surface area contributed by atoms with Gasteiger partial charge < -0.3 is 14.8 Å². The molecule has 3 atom stereocenters. The number of ether oxygens (including phenoxy) is 2. The van der Waals surface area contributed by atoms with E-state index in [2.05, 4.69) is 71.5 Å². The lowest BCUT2D eigenvalue weighted by Crippen LogP contribution is -2.29.